The summed E-state index contributed by atoms with van der Waals surface area (Å²) in [6.45, 7) is 7.04. The molecule has 0 aliphatic rings. The van der Waals surface area contributed by atoms with Gasteiger partial charge >= 0.3 is 0 Å². The zero-order valence-electron chi connectivity index (χ0n) is 15.7. The maximum Gasteiger partial charge on any atom is 0.206 e. The van der Waals surface area contributed by atoms with Crippen LogP contribution in [0, 0.1) is 0 Å². The summed E-state index contributed by atoms with van der Waals surface area (Å²) in [7, 11) is 0. The molecule has 0 aliphatic carbocycles. The van der Waals surface area contributed by atoms with Crippen LogP contribution in [0.5, 0.6) is 0 Å². The van der Waals surface area contributed by atoms with E-state index in [0.29, 0.717) is 6.71 Å². The van der Waals surface area contributed by atoms with Gasteiger partial charge in [-0.15, -0.1) is 0 Å². The fourth-order valence-electron chi connectivity index (χ4n) is 2.76. The number of nitrogens with one attached hydrogen (secondary N) is 1. The van der Waals surface area contributed by atoms with E-state index in [0.717, 1.165) is 18.7 Å². The average molecular weight is 332 g/mol. The van der Waals surface area contributed by atoms with E-state index < -0.39 is 0 Å². The first-order valence-corrected chi connectivity index (χ1v) is 9.37. The number of aromatic amines is 1. The molecule has 25 heavy (non-hydrogen) atoms. The maximum atomic E-state index is 4.23. The zero-order valence-corrected chi connectivity index (χ0v) is 15.7. The Balaban J connectivity index is 0.000000186. The van der Waals surface area contributed by atoms with Crippen molar-refractivity contribution < 1.29 is 0 Å². The van der Waals surface area contributed by atoms with Crippen molar-refractivity contribution in [3.63, 3.8) is 0 Å². The van der Waals surface area contributed by atoms with Gasteiger partial charge in [-0.05, 0) is 12.8 Å². The van der Waals surface area contributed by atoms with Crippen LogP contribution in [0.25, 0.3) is 0 Å². The van der Waals surface area contributed by atoms with Gasteiger partial charge in [0.2, 0.25) is 6.71 Å². The minimum Gasteiger partial charge on any atom is -0.346 e. The summed E-state index contributed by atoms with van der Waals surface area (Å²) in [5, 5.41) is 0. The van der Waals surface area contributed by atoms with Crippen molar-refractivity contribution in [2.24, 2.45) is 0 Å². The standard InChI is InChI=1S/C13H13B.C9H16N2/c1-14(12-8-4-2-5-9-12)13-10-6-3-7-11-13;1-3-5-6-8-7-10-9(4-2)11-8/h2-11H,1H3;7H,3-6H2,1-2H3,(H,10,11). The van der Waals surface area contributed by atoms with E-state index in [4.69, 9.17) is 0 Å². The summed E-state index contributed by atoms with van der Waals surface area (Å²) in [4.78, 5) is 7.52. The highest BCUT2D eigenvalue weighted by Crippen LogP contribution is 2.02. The minimum atomic E-state index is 0.484. The molecule has 3 rings (SSSR count). The van der Waals surface area contributed by atoms with Crippen molar-refractivity contribution in [2.45, 2.75) is 46.4 Å². The molecule has 1 heterocycles. The van der Waals surface area contributed by atoms with Crippen LogP contribution in [-0.4, -0.2) is 16.7 Å². The summed E-state index contributed by atoms with van der Waals surface area (Å²) in [6.07, 6.45) is 6.61. The number of H-pyrrole nitrogens is 1. The zero-order chi connectivity index (χ0) is 17.9. The molecule has 3 heteroatoms. The van der Waals surface area contributed by atoms with E-state index in [-0.39, 0.29) is 0 Å². The van der Waals surface area contributed by atoms with Crippen molar-refractivity contribution >= 4 is 17.6 Å². The lowest BCUT2D eigenvalue weighted by molar-refractivity contribution is 0.777. The van der Waals surface area contributed by atoms with Gasteiger partial charge in [0.15, 0.2) is 0 Å². The molecular weight excluding hydrogens is 303 g/mol. The number of imidazole rings is 1. The summed E-state index contributed by atoms with van der Waals surface area (Å²) < 4.78 is 0. The Morgan fingerprint density at radius 3 is 1.88 bits per heavy atom. The first kappa shape index (κ1) is 19.0. The lowest BCUT2D eigenvalue weighted by atomic mass is 9.43. The van der Waals surface area contributed by atoms with Gasteiger partial charge in [-0.1, -0.05) is 98.7 Å². The molecule has 0 saturated heterocycles. The topological polar surface area (TPSA) is 28.7 Å². The molecule has 0 saturated carbocycles. The third-order valence-electron chi connectivity index (χ3n) is 4.41. The van der Waals surface area contributed by atoms with Gasteiger partial charge in [0.05, 0.1) is 0 Å². The fourth-order valence-corrected chi connectivity index (χ4v) is 2.76. The Labute approximate surface area is 152 Å². The van der Waals surface area contributed by atoms with Crippen molar-refractivity contribution in [1.82, 2.24) is 9.97 Å². The van der Waals surface area contributed by atoms with Crippen LogP contribution in [0.15, 0.2) is 66.9 Å². The molecule has 0 bridgehead atoms. The van der Waals surface area contributed by atoms with Gasteiger partial charge in [-0.25, -0.2) is 4.98 Å². The highest BCUT2D eigenvalue weighted by atomic mass is 14.9. The molecule has 0 amide bonds. The second-order valence-electron chi connectivity index (χ2n) is 6.36. The van der Waals surface area contributed by atoms with Gasteiger partial charge in [0, 0.05) is 18.3 Å². The highest BCUT2D eigenvalue weighted by Gasteiger charge is 2.10. The normalized spacial score (nSPS) is 10.0. The molecule has 0 radical (unpaired) electrons. The van der Waals surface area contributed by atoms with Gasteiger partial charge < -0.3 is 4.98 Å². The molecule has 0 unspecified atom stereocenters. The Morgan fingerprint density at radius 2 is 1.44 bits per heavy atom. The van der Waals surface area contributed by atoms with E-state index in [2.05, 4.69) is 91.3 Å². The van der Waals surface area contributed by atoms with Crippen LogP contribution in [0.1, 0.15) is 38.2 Å². The van der Waals surface area contributed by atoms with Crippen LogP contribution in [0.3, 0.4) is 0 Å². The quantitative estimate of drug-likeness (QED) is 0.672. The van der Waals surface area contributed by atoms with Crippen LogP contribution >= 0.6 is 0 Å². The van der Waals surface area contributed by atoms with E-state index in [1.165, 1.54) is 29.5 Å². The number of aromatic nitrogens is 2. The third kappa shape index (κ3) is 6.26. The second kappa shape index (κ2) is 10.6. The van der Waals surface area contributed by atoms with Crippen molar-refractivity contribution in [2.75, 3.05) is 0 Å². The Bertz CT molecular complexity index is 668. The SMILES string of the molecule is CB(c1ccccc1)c1ccccc1.CCCCc1cnc(CC)[nH]1. The maximum absolute atomic E-state index is 4.23. The number of nitrogens with zero attached hydrogens (tertiary/aromatic N) is 1. The van der Waals surface area contributed by atoms with Crippen molar-refractivity contribution in [3.05, 3.63) is 78.4 Å². The number of rotatable bonds is 6. The summed E-state index contributed by atoms with van der Waals surface area (Å²) in [6, 6.07) is 21.2. The van der Waals surface area contributed by atoms with Crippen LogP contribution in [0.2, 0.25) is 6.82 Å². The third-order valence-corrected chi connectivity index (χ3v) is 4.41. The van der Waals surface area contributed by atoms with Crippen LogP contribution < -0.4 is 10.9 Å². The number of aryl methyl sites for hydroxylation is 2. The largest absolute Gasteiger partial charge is 0.346 e. The summed E-state index contributed by atoms with van der Waals surface area (Å²) >= 11 is 0. The van der Waals surface area contributed by atoms with Gasteiger partial charge in [-0.3, -0.25) is 0 Å². The fraction of sp³-hybridized carbons (Fsp3) is 0.318. The molecule has 1 aromatic heterocycles. The van der Waals surface area contributed by atoms with Crippen LogP contribution in [0.4, 0.5) is 0 Å². The molecule has 2 aromatic carbocycles. The Kier molecular flexibility index (Phi) is 8.04. The molecular formula is C22H29BN2. The number of hydrogen-bond acceptors (Lipinski definition) is 1. The van der Waals surface area contributed by atoms with Crippen molar-refractivity contribution in [3.8, 4) is 0 Å². The monoisotopic (exact) mass is 332 g/mol. The predicted molar refractivity (Wildman–Crippen MR) is 110 cm³/mol. The number of hydrogen-bond donors (Lipinski definition) is 1. The van der Waals surface area contributed by atoms with Crippen molar-refractivity contribution in [1.29, 1.82) is 0 Å². The van der Waals surface area contributed by atoms with E-state index in [1.807, 2.05) is 6.20 Å². The average Bonchev–Trinajstić information content (AvgIpc) is 3.16. The predicted octanol–water partition coefficient (Wildman–Crippen LogP) is 4.24. The van der Waals surface area contributed by atoms with Gasteiger partial charge in [-0.2, -0.15) is 0 Å². The molecule has 0 fully saturated rings. The molecule has 1 N–H and O–H groups in total. The lowest BCUT2D eigenvalue weighted by Crippen LogP contribution is -2.38. The van der Waals surface area contributed by atoms with E-state index >= 15 is 0 Å². The number of benzene rings is 2. The Morgan fingerprint density at radius 1 is 0.880 bits per heavy atom. The van der Waals surface area contributed by atoms with Gasteiger partial charge in [0.1, 0.15) is 5.82 Å². The first-order valence-electron chi connectivity index (χ1n) is 9.37. The highest BCUT2D eigenvalue weighted by molar-refractivity contribution is 6.84. The molecule has 130 valence electrons. The first-order chi connectivity index (χ1) is 12.2. The summed E-state index contributed by atoms with van der Waals surface area (Å²) in [5.41, 5.74) is 4.03. The smallest absolute Gasteiger partial charge is 0.206 e. The second-order valence-corrected chi connectivity index (χ2v) is 6.36. The van der Waals surface area contributed by atoms with E-state index in [9.17, 15) is 0 Å². The molecule has 0 atom stereocenters. The minimum absolute atomic E-state index is 0.484. The lowest BCUT2D eigenvalue weighted by Gasteiger charge is -2.08. The Hall–Kier alpha value is -2.29. The molecule has 0 aliphatic heterocycles. The van der Waals surface area contributed by atoms with E-state index in [1.54, 1.807) is 0 Å². The summed E-state index contributed by atoms with van der Waals surface area (Å²) in [5.74, 6) is 1.11. The molecule has 0 spiro atoms. The molecule has 3 aromatic rings. The van der Waals surface area contributed by atoms with Gasteiger partial charge in [0.25, 0.3) is 0 Å². The number of unbranched alkanes of at least 4 members (excludes halogenated alkanes) is 1. The molecule has 2 nitrogen and oxygen atoms in total. The van der Waals surface area contributed by atoms with Crippen LogP contribution in [-0.2, 0) is 12.8 Å².